The maximum absolute atomic E-state index is 12.7. The van der Waals surface area contributed by atoms with E-state index >= 15 is 0 Å². The van der Waals surface area contributed by atoms with Gasteiger partial charge in [-0.1, -0.05) is 58.0 Å². The summed E-state index contributed by atoms with van der Waals surface area (Å²) in [6, 6.07) is 10.1. The number of amides is 1. The van der Waals surface area contributed by atoms with Crippen LogP contribution in [0.2, 0.25) is 0 Å². The van der Waals surface area contributed by atoms with Crippen molar-refractivity contribution in [2.24, 2.45) is 17.3 Å². The molecule has 2 heteroatoms. The molecule has 2 nitrogen and oxygen atoms in total. The molecular weight excluding hydrogens is 270 g/mol. The zero-order valence-electron chi connectivity index (χ0n) is 14.8. The van der Waals surface area contributed by atoms with Crippen LogP contribution in [0.15, 0.2) is 30.3 Å². The minimum Gasteiger partial charge on any atom is -0.342 e. The first-order chi connectivity index (χ1) is 10.3. The van der Waals surface area contributed by atoms with Crippen molar-refractivity contribution in [3.05, 3.63) is 35.9 Å². The lowest BCUT2D eigenvalue weighted by molar-refractivity contribution is -0.134. The van der Waals surface area contributed by atoms with Crippen LogP contribution in [-0.2, 0) is 4.79 Å². The molecule has 1 aromatic carbocycles. The maximum atomic E-state index is 12.7. The van der Waals surface area contributed by atoms with Gasteiger partial charge in [0.25, 0.3) is 0 Å². The zero-order chi connectivity index (χ0) is 16.3. The summed E-state index contributed by atoms with van der Waals surface area (Å²) in [5, 5.41) is 0. The monoisotopic (exact) mass is 301 g/mol. The second-order valence-corrected chi connectivity index (χ2v) is 7.95. The Morgan fingerprint density at radius 1 is 1.09 bits per heavy atom. The van der Waals surface area contributed by atoms with Gasteiger partial charge in [-0.05, 0) is 42.6 Å². The topological polar surface area (TPSA) is 20.3 Å². The molecule has 0 saturated carbocycles. The van der Waals surface area contributed by atoms with E-state index in [0.29, 0.717) is 11.3 Å². The van der Waals surface area contributed by atoms with Crippen molar-refractivity contribution >= 4 is 5.91 Å². The Bertz CT molecular complexity index is 480. The lowest BCUT2D eigenvalue weighted by atomic mass is 9.71. The Morgan fingerprint density at radius 3 is 2.14 bits per heavy atom. The fourth-order valence-electron chi connectivity index (χ4n) is 3.49. The highest BCUT2D eigenvalue weighted by Crippen LogP contribution is 2.37. The van der Waals surface area contributed by atoms with Crippen LogP contribution in [0.1, 0.15) is 58.9 Å². The van der Waals surface area contributed by atoms with E-state index in [9.17, 15) is 4.79 Å². The van der Waals surface area contributed by atoms with E-state index in [0.717, 1.165) is 37.4 Å². The number of carbonyl (C=O) groups is 1. The van der Waals surface area contributed by atoms with E-state index in [1.165, 1.54) is 0 Å². The van der Waals surface area contributed by atoms with Crippen LogP contribution in [0.5, 0.6) is 0 Å². The van der Waals surface area contributed by atoms with E-state index in [4.69, 9.17) is 0 Å². The third-order valence-corrected chi connectivity index (χ3v) is 5.59. The number of piperidine rings is 1. The van der Waals surface area contributed by atoms with Gasteiger partial charge in [0.2, 0.25) is 5.91 Å². The number of benzene rings is 1. The molecule has 2 atom stereocenters. The molecule has 0 aromatic heterocycles. The van der Waals surface area contributed by atoms with Crippen LogP contribution in [0.4, 0.5) is 0 Å². The second-order valence-electron chi connectivity index (χ2n) is 7.95. The van der Waals surface area contributed by atoms with Crippen LogP contribution in [0, 0.1) is 17.3 Å². The van der Waals surface area contributed by atoms with E-state index in [-0.39, 0.29) is 11.8 Å². The van der Waals surface area contributed by atoms with Crippen molar-refractivity contribution in [2.45, 2.75) is 53.4 Å². The Balaban J connectivity index is 1.93. The predicted octanol–water partition coefficient (Wildman–Crippen LogP) is 4.71. The summed E-state index contributed by atoms with van der Waals surface area (Å²) in [5.74, 6) is 1.71. The van der Waals surface area contributed by atoms with Crippen molar-refractivity contribution in [1.82, 2.24) is 4.90 Å². The first-order valence-corrected chi connectivity index (χ1v) is 8.64. The molecule has 1 aromatic rings. The molecule has 1 amide bonds. The van der Waals surface area contributed by atoms with Gasteiger partial charge in [-0.25, -0.2) is 0 Å². The van der Waals surface area contributed by atoms with Gasteiger partial charge in [-0.2, -0.15) is 0 Å². The minimum atomic E-state index is -0.0298. The maximum Gasteiger partial charge on any atom is 0.229 e. The van der Waals surface area contributed by atoms with Gasteiger partial charge < -0.3 is 4.90 Å². The van der Waals surface area contributed by atoms with Crippen molar-refractivity contribution < 1.29 is 4.79 Å². The SMILES string of the molecule is C[C@H](C1CCN(C(=O)[C@H](C)c2ccccc2)CC1)C(C)(C)C. The summed E-state index contributed by atoms with van der Waals surface area (Å²) >= 11 is 0. The molecule has 0 N–H and O–H groups in total. The lowest BCUT2D eigenvalue weighted by Gasteiger charge is -2.40. The van der Waals surface area contributed by atoms with E-state index < -0.39 is 0 Å². The molecule has 1 heterocycles. The normalized spacial score (nSPS) is 19.8. The van der Waals surface area contributed by atoms with Crippen LogP contribution >= 0.6 is 0 Å². The number of hydrogen-bond acceptors (Lipinski definition) is 1. The largest absolute Gasteiger partial charge is 0.342 e. The highest BCUT2D eigenvalue weighted by atomic mass is 16.2. The molecule has 1 saturated heterocycles. The summed E-state index contributed by atoms with van der Waals surface area (Å²) in [4.78, 5) is 14.8. The molecule has 0 radical (unpaired) electrons. The number of carbonyl (C=O) groups excluding carboxylic acids is 1. The fraction of sp³-hybridized carbons (Fsp3) is 0.650. The third-order valence-electron chi connectivity index (χ3n) is 5.59. The van der Waals surface area contributed by atoms with Gasteiger partial charge in [0.15, 0.2) is 0 Å². The van der Waals surface area contributed by atoms with E-state index in [1.54, 1.807) is 0 Å². The Hall–Kier alpha value is -1.31. The first kappa shape index (κ1) is 17.1. The predicted molar refractivity (Wildman–Crippen MR) is 92.8 cm³/mol. The quantitative estimate of drug-likeness (QED) is 0.791. The molecule has 1 aliphatic heterocycles. The first-order valence-electron chi connectivity index (χ1n) is 8.64. The van der Waals surface area contributed by atoms with Crippen molar-refractivity contribution in [1.29, 1.82) is 0 Å². The van der Waals surface area contributed by atoms with E-state index in [1.807, 2.05) is 25.1 Å². The summed E-state index contributed by atoms with van der Waals surface area (Å²) in [5.41, 5.74) is 1.48. The molecule has 0 aliphatic carbocycles. The third kappa shape index (κ3) is 3.91. The summed E-state index contributed by atoms with van der Waals surface area (Å²) in [7, 11) is 0. The standard InChI is InChI=1S/C20H31NO/c1-15(17-9-7-6-8-10-17)19(22)21-13-11-18(12-14-21)16(2)20(3,4)5/h6-10,15-16,18H,11-14H2,1-5H3/t15-,16-/m1/s1. The molecule has 0 bridgehead atoms. The summed E-state index contributed by atoms with van der Waals surface area (Å²) < 4.78 is 0. The number of hydrogen-bond donors (Lipinski definition) is 0. The Labute approximate surface area is 135 Å². The molecule has 0 spiro atoms. The number of rotatable bonds is 3. The van der Waals surface area contributed by atoms with Crippen LogP contribution in [0.3, 0.4) is 0 Å². The highest BCUT2D eigenvalue weighted by molar-refractivity contribution is 5.83. The van der Waals surface area contributed by atoms with Gasteiger partial charge in [0.05, 0.1) is 5.92 Å². The summed E-state index contributed by atoms with van der Waals surface area (Å²) in [6.45, 7) is 13.2. The van der Waals surface area contributed by atoms with Crippen LogP contribution in [-0.4, -0.2) is 23.9 Å². The van der Waals surface area contributed by atoms with Gasteiger partial charge in [0.1, 0.15) is 0 Å². The second kappa shape index (κ2) is 6.85. The van der Waals surface area contributed by atoms with Gasteiger partial charge in [-0.15, -0.1) is 0 Å². The van der Waals surface area contributed by atoms with Crippen LogP contribution in [0.25, 0.3) is 0 Å². The zero-order valence-corrected chi connectivity index (χ0v) is 14.8. The average Bonchev–Trinajstić information content (AvgIpc) is 2.53. The molecule has 1 fully saturated rings. The number of likely N-dealkylation sites (tertiary alicyclic amines) is 1. The number of nitrogens with zero attached hydrogens (tertiary/aromatic N) is 1. The average molecular weight is 301 g/mol. The molecular formula is C20H31NO. The molecule has 2 rings (SSSR count). The van der Waals surface area contributed by atoms with Gasteiger partial charge in [0, 0.05) is 13.1 Å². The van der Waals surface area contributed by atoms with E-state index in [2.05, 4.69) is 44.7 Å². The van der Waals surface area contributed by atoms with Crippen molar-refractivity contribution in [3.63, 3.8) is 0 Å². The Kier molecular flexibility index (Phi) is 5.31. The van der Waals surface area contributed by atoms with Gasteiger partial charge >= 0.3 is 0 Å². The summed E-state index contributed by atoms with van der Waals surface area (Å²) in [6.07, 6.45) is 2.29. The minimum absolute atomic E-state index is 0.0298. The fourth-order valence-corrected chi connectivity index (χ4v) is 3.49. The van der Waals surface area contributed by atoms with Gasteiger partial charge in [-0.3, -0.25) is 4.79 Å². The molecule has 1 aliphatic rings. The molecule has 0 unspecified atom stereocenters. The van der Waals surface area contributed by atoms with Crippen molar-refractivity contribution in [3.8, 4) is 0 Å². The lowest BCUT2D eigenvalue weighted by Crippen LogP contribution is -2.43. The molecule has 22 heavy (non-hydrogen) atoms. The van der Waals surface area contributed by atoms with Crippen molar-refractivity contribution in [2.75, 3.05) is 13.1 Å². The Morgan fingerprint density at radius 2 is 1.64 bits per heavy atom. The molecule has 122 valence electrons. The van der Waals surface area contributed by atoms with Crippen LogP contribution < -0.4 is 0 Å². The smallest absolute Gasteiger partial charge is 0.229 e. The highest BCUT2D eigenvalue weighted by Gasteiger charge is 2.33.